The Labute approximate surface area is 118 Å². The Kier molecular flexibility index (Phi) is 3.41. The maximum Gasteiger partial charge on any atom is 0.140 e. The molecule has 1 unspecified atom stereocenters. The highest BCUT2D eigenvalue weighted by atomic mass is 32.1. The van der Waals surface area contributed by atoms with Gasteiger partial charge in [0.2, 0.25) is 0 Å². The molecule has 0 bridgehead atoms. The predicted molar refractivity (Wildman–Crippen MR) is 81.1 cm³/mol. The van der Waals surface area contributed by atoms with Gasteiger partial charge >= 0.3 is 0 Å². The zero-order valence-corrected chi connectivity index (χ0v) is 12.6. The van der Waals surface area contributed by atoms with E-state index in [0.29, 0.717) is 6.04 Å². The second-order valence-corrected chi connectivity index (χ2v) is 6.47. The van der Waals surface area contributed by atoms with Crippen molar-refractivity contribution in [2.24, 2.45) is 0 Å². The van der Waals surface area contributed by atoms with Gasteiger partial charge in [0.05, 0.1) is 5.39 Å². The Morgan fingerprint density at radius 3 is 3.11 bits per heavy atom. The fraction of sp³-hybridized carbons (Fsp3) is 0.571. The maximum absolute atomic E-state index is 4.52. The van der Waals surface area contributed by atoms with Gasteiger partial charge in [-0.25, -0.2) is 9.97 Å². The van der Waals surface area contributed by atoms with Crippen molar-refractivity contribution in [1.29, 1.82) is 0 Å². The fourth-order valence-electron chi connectivity index (χ4n) is 2.77. The van der Waals surface area contributed by atoms with Crippen molar-refractivity contribution in [3.63, 3.8) is 0 Å². The van der Waals surface area contributed by atoms with E-state index in [1.807, 2.05) is 0 Å². The second kappa shape index (κ2) is 5.06. The van der Waals surface area contributed by atoms with E-state index in [4.69, 9.17) is 0 Å². The molecule has 1 atom stereocenters. The molecule has 0 amide bonds. The third-order valence-corrected chi connectivity index (χ3v) is 4.98. The Morgan fingerprint density at radius 1 is 1.47 bits per heavy atom. The predicted octanol–water partition coefficient (Wildman–Crippen LogP) is 2.53. The summed E-state index contributed by atoms with van der Waals surface area (Å²) in [6.07, 6.45) is 2.92. The topological polar surface area (TPSA) is 32.3 Å². The molecule has 0 aromatic carbocycles. The van der Waals surface area contributed by atoms with Crippen LogP contribution in [0.3, 0.4) is 0 Å². The Morgan fingerprint density at radius 2 is 2.32 bits per heavy atom. The minimum Gasteiger partial charge on any atom is -0.354 e. The highest BCUT2D eigenvalue weighted by Crippen LogP contribution is 2.31. The monoisotopic (exact) mass is 276 g/mol. The van der Waals surface area contributed by atoms with E-state index in [2.05, 4.69) is 46.7 Å². The Bertz CT molecular complexity index is 580. The van der Waals surface area contributed by atoms with Crippen molar-refractivity contribution in [2.75, 3.05) is 31.6 Å². The molecule has 1 aliphatic rings. The molecule has 1 saturated heterocycles. The van der Waals surface area contributed by atoms with Gasteiger partial charge in [-0.15, -0.1) is 11.3 Å². The summed E-state index contributed by atoms with van der Waals surface area (Å²) < 4.78 is 0. The van der Waals surface area contributed by atoms with Gasteiger partial charge in [-0.05, 0) is 33.0 Å². The van der Waals surface area contributed by atoms with Crippen LogP contribution in [0.2, 0.25) is 0 Å². The largest absolute Gasteiger partial charge is 0.354 e. The van der Waals surface area contributed by atoms with Gasteiger partial charge in [-0.3, -0.25) is 0 Å². The number of thiophene rings is 1. The fourth-order valence-corrected chi connectivity index (χ4v) is 3.61. The van der Waals surface area contributed by atoms with E-state index in [1.54, 1.807) is 17.7 Å². The molecule has 0 N–H and O–H groups in total. The van der Waals surface area contributed by atoms with Crippen molar-refractivity contribution < 1.29 is 0 Å². The maximum atomic E-state index is 4.52. The number of anilines is 1. The minimum atomic E-state index is 0.648. The van der Waals surface area contributed by atoms with Crippen molar-refractivity contribution >= 4 is 27.4 Å². The molecule has 102 valence electrons. The van der Waals surface area contributed by atoms with Gasteiger partial charge in [0, 0.05) is 24.0 Å². The normalized spacial score (nSPS) is 19.8. The van der Waals surface area contributed by atoms with Crippen LogP contribution < -0.4 is 4.90 Å². The summed E-state index contributed by atoms with van der Waals surface area (Å²) in [6.45, 7) is 7.62. The van der Waals surface area contributed by atoms with E-state index >= 15 is 0 Å². The quantitative estimate of drug-likeness (QED) is 0.862. The van der Waals surface area contributed by atoms with Gasteiger partial charge in [0.1, 0.15) is 17.0 Å². The standard InChI is InChI=1S/C14H20N4S/c1-4-17(3)11-5-6-18(8-11)13-12-7-10(2)19-14(12)16-9-15-13/h7,9,11H,4-6,8H2,1-3H3. The number of fused-ring (bicyclic) bond motifs is 1. The second-order valence-electron chi connectivity index (χ2n) is 5.23. The van der Waals surface area contributed by atoms with Crippen LogP contribution in [0.1, 0.15) is 18.2 Å². The molecule has 1 aliphatic heterocycles. The first-order valence-electron chi connectivity index (χ1n) is 6.85. The molecule has 19 heavy (non-hydrogen) atoms. The number of nitrogens with zero attached hydrogens (tertiary/aromatic N) is 4. The van der Waals surface area contributed by atoms with Crippen LogP contribution >= 0.6 is 11.3 Å². The first kappa shape index (κ1) is 12.8. The van der Waals surface area contributed by atoms with Gasteiger partial charge < -0.3 is 9.80 Å². The van der Waals surface area contributed by atoms with Crippen LogP contribution in [0.15, 0.2) is 12.4 Å². The number of hydrogen-bond donors (Lipinski definition) is 0. The van der Waals surface area contributed by atoms with Crippen LogP contribution in [0.4, 0.5) is 5.82 Å². The smallest absolute Gasteiger partial charge is 0.140 e. The van der Waals surface area contributed by atoms with Gasteiger partial charge in [0.25, 0.3) is 0 Å². The summed E-state index contributed by atoms with van der Waals surface area (Å²) in [5, 5.41) is 1.21. The molecule has 5 heteroatoms. The lowest BCUT2D eigenvalue weighted by Gasteiger charge is -2.23. The molecule has 0 radical (unpaired) electrons. The van der Waals surface area contributed by atoms with E-state index in [-0.39, 0.29) is 0 Å². The van der Waals surface area contributed by atoms with E-state index in [9.17, 15) is 0 Å². The zero-order chi connectivity index (χ0) is 13.4. The molecular formula is C14H20N4S. The molecule has 4 nitrogen and oxygen atoms in total. The van der Waals surface area contributed by atoms with Crippen LogP contribution in [-0.4, -0.2) is 47.6 Å². The summed E-state index contributed by atoms with van der Waals surface area (Å²) in [5.41, 5.74) is 0. The molecule has 0 saturated carbocycles. The number of rotatable bonds is 3. The zero-order valence-electron chi connectivity index (χ0n) is 11.8. The lowest BCUT2D eigenvalue weighted by Crippen LogP contribution is -2.34. The summed E-state index contributed by atoms with van der Waals surface area (Å²) in [4.78, 5) is 16.1. The number of likely N-dealkylation sites (N-methyl/N-ethyl adjacent to an activating group) is 1. The molecule has 3 heterocycles. The van der Waals surface area contributed by atoms with Crippen LogP contribution in [0.5, 0.6) is 0 Å². The SMILES string of the molecule is CCN(C)C1CCN(c2ncnc3sc(C)cc23)C1. The average Bonchev–Trinajstić information content (AvgIpc) is 3.02. The minimum absolute atomic E-state index is 0.648. The van der Waals surface area contributed by atoms with E-state index in [0.717, 1.165) is 30.3 Å². The molecule has 3 rings (SSSR count). The lowest BCUT2D eigenvalue weighted by molar-refractivity contribution is 0.272. The third-order valence-electron chi connectivity index (χ3n) is 4.02. The summed E-state index contributed by atoms with van der Waals surface area (Å²) in [7, 11) is 2.21. The van der Waals surface area contributed by atoms with Crippen molar-refractivity contribution in [3.8, 4) is 0 Å². The molecule has 0 aliphatic carbocycles. The molecule has 0 spiro atoms. The first-order valence-corrected chi connectivity index (χ1v) is 7.67. The molecule has 2 aromatic rings. The molecular weight excluding hydrogens is 256 g/mol. The van der Waals surface area contributed by atoms with Crippen molar-refractivity contribution in [3.05, 3.63) is 17.3 Å². The van der Waals surface area contributed by atoms with Crippen LogP contribution in [0, 0.1) is 6.92 Å². The van der Waals surface area contributed by atoms with E-state index in [1.165, 1.54) is 16.7 Å². The number of aromatic nitrogens is 2. The van der Waals surface area contributed by atoms with Crippen molar-refractivity contribution in [1.82, 2.24) is 14.9 Å². The van der Waals surface area contributed by atoms with Gasteiger partial charge in [-0.1, -0.05) is 6.92 Å². The molecule has 2 aromatic heterocycles. The van der Waals surface area contributed by atoms with Crippen LogP contribution in [-0.2, 0) is 0 Å². The number of aryl methyl sites for hydroxylation is 1. The summed E-state index contributed by atoms with van der Waals surface area (Å²) in [5.74, 6) is 1.11. The van der Waals surface area contributed by atoms with Crippen LogP contribution in [0.25, 0.3) is 10.2 Å². The van der Waals surface area contributed by atoms with E-state index < -0.39 is 0 Å². The summed E-state index contributed by atoms with van der Waals surface area (Å²) in [6, 6.07) is 2.86. The third kappa shape index (κ3) is 2.32. The molecule has 1 fully saturated rings. The number of hydrogen-bond acceptors (Lipinski definition) is 5. The lowest BCUT2D eigenvalue weighted by atomic mass is 10.2. The Hall–Kier alpha value is -1.20. The first-order chi connectivity index (χ1) is 9.19. The van der Waals surface area contributed by atoms with Crippen molar-refractivity contribution in [2.45, 2.75) is 26.3 Å². The van der Waals surface area contributed by atoms with Gasteiger partial charge in [0.15, 0.2) is 0 Å². The van der Waals surface area contributed by atoms with Gasteiger partial charge in [-0.2, -0.15) is 0 Å². The Balaban J connectivity index is 1.89. The highest BCUT2D eigenvalue weighted by Gasteiger charge is 2.27. The highest BCUT2D eigenvalue weighted by molar-refractivity contribution is 7.18. The average molecular weight is 276 g/mol. The summed E-state index contributed by atoms with van der Waals surface area (Å²) >= 11 is 1.75.